The van der Waals surface area contributed by atoms with Crippen molar-refractivity contribution in [1.82, 2.24) is 29.5 Å². The van der Waals surface area contributed by atoms with E-state index in [0.717, 1.165) is 4.90 Å². The van der Waals surface area contributed by atoms with Crippen molar-refractivity contribution in [2.45, 2.75) is 11.8 Å². The van der Waals surface area contributed by atoms with Crippen molar-refractivity contribution >= 4 is 46.1 Å². The van der Waals surface area contributed by atoms with Crippen molar-refractivity contribution in [2.75, 3.05) is 11.6 Å². The molecular formula is C23H18ClN7O2S. The minimum Gasteiger partial charge on any atom is -0.306 e. The minimum absolute atomic E-state index is 0.148. The third-order valence-corrected chi connectivity index (χ3v) is 6.17. The van der Waals surface area contributed by atoms with Crippen molar-refractivity contribution in [1.29, 1.82) is 0 Å². The number of halogens is 1. The second-order valence-corrected chi connectivity index (χ2v) is 8.68. The van der Waals surface area contributed by atoms with E-state index in [4.69, 9.17) is 11.6 Å². The number of H-pyrrole nitrogens is 1. The smallest absolute Gasteiger partial charge is 0.263 e. The van der Waals surface area contributed by atoms with Crippen LogP contribution in [0.25, 0.3) is 22.7 Å². The molecular weight excluding hydrogens is 474 g/mol. The zero-order chi connectivity index (χ0) is 23.8. The average Bonchev–Trinajstić information content (AvgIpc) is 3.43. The number of nitrogens with zero attached hydrogens (tertiary/aromatic N) is 5. The first-order valence-corrected chi connectivity index (χ1v) is 11.8. The summed E-state index contributed by atoms with van der Waals surface area (Å²) < 4.78 is 2.95. The Bertz CT molecular complexity index is 1590. The number of fused-ring (bicyclic) bond motifs is 1. The topological polar surface area (TPSA) is 110 Å². The first-order chi connectivity index (χ1) is 16.4. The van der Waals surface area contributed by atoms with Crippen molar-refractivity contribution in [3.63, 3.8) is 0 Å². The van der Waals surface area contributed by atoms with Crippen LogP contribution < -0.4 is 10.9 Å². The maximum absolute atomic E-state index is 13.0. The zero-order valence-electron chi connectivity index (χ0n) is 18.1. The van der Waals surface area contributed by atoms with Gasteiger partial charge in [-0.1, -0.05) is 23.7 Å². The van der Waals surface area contributed by atoms with Crippen molar-refractivity contribution < 1.29 is 4.79 Å². The maximum Gasteiger partial charge on any atom is 0.263 e. The van der Waals surface area contributed by atoms with Crippen LogP contribution in [0.4, 0.5) is 5.82 Å². The van der Waals surface area contributed by atoms with Gasteiger partial charge in [0, 0.05) is 16.0 Å². The van der Waals surface area contributed by atoms with Crippen LogP contribution in [0.5, 0.6) is 0 Å². The molecule has 0 aliphatic heterocycles. The highest BCUT2D eigenvalue weighted by Crippen LogP contribution is 2.23. The van der Waals surface area contributed by atoms with Gasteiger partial charge in [-0.25, -0.2) is 4.68 Å². The van der Waals surface area contributed by atoms with Gasteiger partial charge in [-0.15, -0.1) is 11.8 Å². The molecule has 5 aromatic rings. The number of carbonyl (C=O) groups is 1. The number of anilines is 1. The second kappa shape index (κ2) is 8.81. The van der Waals surface area contributed by atoms with Crippen molar-refractivity contribution in [2.24, 2.45) is 0 Å². The first-order valence-electron chi connectivity index (χ1n) is 10.2. The molecule has 0 spiro atoms. The first kappa shape index (κ1) is 21.9. The van der Waals surface area contributed by atoms with E-state index < -0.39 is 0 Å². The predicted octanol–water partition coefficient (Wildman–Crippen LogP) is 4.23. The van der Waals surface area contributed by atoms with E-state index in [0.29, 0.717) is 38.8 Å². The SMILES string of the molecule is CSc1ccccc1C(=O)Nc1cc(C)nn1-c1nc2c(cnn2-c2ccc(Cl)cc2)c(=O)[nH]1. The number of amides is 1. The summed E-state index contributed by atoms with van der Waals surface area (Å²) in [5.41, 5.74) is 1.85. The normalized spacial score (nSPS) is 11.1. The summed E-state index contributed by atoms with van der Waals surface area (Å²) in [4.78, 5) is 34.0. The molecule has 0 bridgehead atoms. The van der Waals surface area contributed by atoms with Crippen LogP contribution in [0, 0.1) is 6.92 Å². The average molecular weight is 492 g/mol. The van der Waals surface area contributed by atoms with Crippen LogP contribution >= 0.6 is 23.4 Å². The standard InChI is InChI=1S/C23H18ClN7O2S/c1-13-11-19(26-21(32)16-5-3-4-6-18(16)34-2)31(29-13)23-27-20-17(22(33)28-23)12-25-30(20)15-9-7-14(24)8-10-15/h3-12H,1-2H3,(H,26,32)(H,27,28,33). The monoisotopic (exact) mass is 491 g/mol. The number of benzene rings is 2. The minimum atomic E-state index is -0.377. The van der Waals surface area contributed by atoms with Crippen LogP contribution in [0.15, 0.2) is 70.5 Å². The quantitative estimate of drug-likeness (QED) is 0.356. The molecule has 3 heterocycles. The summed E-state index contributed by atoms with van der Waals surface area (Å²) in [6.45, 7) is 1.79. The molecule has 0 fully saturated rings. The van der Waals surface area contributed by atoms with Gasteiger partial charge in [0.15, 0.2) is 5.65 Å². The van der Waals surface area contributed by atoms with Crippen LogP contribution in [0.2, 0.25) is 5.02 Å². The highest BCUT2D eigenvalue weighted by atomic mass is 35.5. The Hall–Kier alpha value is -3.89. The molecule has 0 unspecified atom stereocenters. The third kappa shape index (κ3) is 3.97. The molecule has 0 atom stereocenters. The molecule has 0 saturated heterocycles. The molecule has 0 saturated carbocycles. The number of carbonyl (C=O) groups excluding carboxylic acids is 1. The molecule has 11 heteroatoms. The number of aromatic amines is 1. The van der Waals surface area contributed by atoms with Gasteiger partial charge in [0.2, 0.25) is 5.95 Å². The van der Waals surface area contributed by atoms with E-state index in [1.54, 1.807) is 48.0 Å². The van der Waals surface area contributed by atoms with E-state index in [2.05, 4.69) is 25.5 Å². The highest BCUT2D eigenvalue weighted by molar-refractivity contribution is 7.98. The number of nitrogens with one attached hydrogen (secondary N) is 2. The fourth-order valence-corrected chi connectivity index (χ4v) is 4.27. The van der Waals surface area contributed by atoms with Gasteiger partial charge in [-0.2, -0.15) is 19.9 Å². The van der Waals surface area contributed by atoms with Crippen LogP contribution in [-0.2, 0) is 0 Å². The molecule has 34 heavy (non-hydrogen) atoms. The van der Waals surface area contributed by atoms with Gasteiger partial charge >= 0.3 is 0 Å². The molecule has 0 aliphatic rings. The fourth-order valence-electron chi connectivity index (χ4n) is 3.54. The van der Waals surface area contributed by atoms with E-state index in [1.165, 1.54) is 22.6 Å². The molecule has 5 rings (SSSR count). The third-order valence-electron chi connectivity index (χ3n) is 5.12. The molecule has 9 nitrogen and oxygen atoms in total. The number of hydrogen-bond donors (Lipinski definition) is 2. The van der Waals surface area contributed by atoms with Gasteiger partial charge in [-0.05, 0) is 49.6 Å². The highest BCUT2D eigenvalue weighted by Gasteiger charge is 2.18. The summed E-state index contributed by atoms with van der Waals surface area (Å²) in [5.74, 6) is 0.231. The van der Waals surface area contributed by atoms with Crippen LogP contribution in [-0.4, -0.2) is 41.7 Å². The lowest BCUT2D eigenvalue weighted by molar-refractivity contribution is 0.102. The number of thioether (sulfide) groups is 1. The number of aryl methyl sites for hydroxylation is 1. The number of aromatic nitrogens is 6. The van der Waals surface area contributed by atoms with Gasteiger partial charge < -0.3 is 5.32 Å². The molecule has 170 valence electrons. The van der Waals surface area contributed by atoms with Gasteiger partial charge in [0.05, 0.1) is 23.1 Å². The Morgan fingerprint density at radius 1 is 1.12 bits per heavy atom. The predicted molar refractivity (Wildman–Crippen MR) is 133 cm³/mol. The van der Waals surface area contributed by atoms with E-state index in [-0.39, 0.29) is 17.4 Å². The summed E-state index contributed by atoms with van der Waals surface area (Å²) in [5, 5.41) is 12.5. The largest absolute Gasteiger partial charge is 0.306 e. The number of hydrogen-bond acceptors (Lipinski definition) is 6. The summed E-state index contributed by atoms with van der Waals surface area (Å²) in [7, 11) is 0. The fraction of sp³-hybridized carbons (Fsp3) is 0.0870. The summed E-state index contributed by atoms with van der Waals surface area (Å²) >= 11 is 7.48. The van der Waals surface area contributed by atoms with Crippen LogP contribution in [0.1, 0.15) is 16.1 Å². The van der Waals surface area contributed by atoms with E-state index >= 15 is 0 Å². The Labute approximate surface area is 202 Å². The molecule has 1 amide bonds. The van der Waals surface area contributed by atoms with E-state index in [9.17, 15) is 9.59 Å². The maximum atomic E-state index is 13.0. The van der Waals surface area contributed by atoms with Gasteiger partial charge in [-0.3, -0.25) is 14.6 Å². The summed E-state index contributed by atoms with van der Waals surface area (Å²) in [6.07, 6.45) is 3.37. The van der Waals surface area contributed by atoms with Gasteiger partial charge in [0.25, 0.3) is 11.5 Å². The Kier molecular flexibility index (Phi) is 5.68. The Balaban J connectivity index is 1.58. The lowest BCUT2D eigenvalue weighted by Gasteiger charge is -2.10. The molecule has 0 aliphatic carbocycles. The molecule has 0 radical (unpaired) electrons. The van der Waals surface area contributed by atoms with Crippen molar-refractivity contribution in [3.8, 4) is 11.6 Å². The molecule has 2 N–H and O–H groups in total. The zero-order valence-corrected chi connectivity index (χ0v) is 19.7. The van der Waals surface area contributed by atoms with Crippen LogP contribution in [0.3, 0.4) is 0 Å². The Morgan fingerprint density at radius 3 is 2.65 bits per heavy atom. The van der Waals surface area contributed by atoms with E-state index in [1.807, 2.05) is 24.5 Å². The lowest BCUT2D eigenvalue weighted by Crippen LogP contribution is -2.19. The van der Waals surface area contributed by atoms with Crippen molar-refractivity contribution in [3.05, 3.63) is 87.4 Å². The second-order valence-electron chi connectivity index (χ2n) is 7.40. The number of rotatable bonds is 5. The molecule has 3 aromatic heterocycles. The molecule has 2 aromatic carbocycles. The lowest BCUT2D eigenvalue weighted by atomic mass is 10.2. The Morgan fingerprint density at radius 2 is 1.88 bits per heavy atom. The summed E-state index contributed by atoms with van der Waals surface area (Å²) in [6, 6.07) is 16.1. The van der Waals surface area contributed by atoms with Gasteiger partial charge in [0.1, 0.15) is 11.2 Å².